The maximum absolute atomic E-state index is 12.0. The fourth-order valence-electron chi connectivity index (χ4n) is 2.58. The standard InChI is InChI=1S/C14H28N2O/c1-10-7-11(9-12(15)8-10)13(17)16-6-5-14(2,3)4/h10-12H,5-9,15H2,1-4H3,(H,16,17). The van der Waals surface area contributed by atoms with Crippen molar-refractivity contribution in [2.24, 2.45) is 23.0 Å². The third kappa shape index (κ3) is 5.53. The molecular weight excluding hydrogens is 212 g/mol. The predicted molar refractivity (Wildman–Crippen MR) is 71.6 cm³/mol. The number of hydrogen-bond acceptors (Lipinski definition) is 2. The van der Waals surface area contributed by atoms with Gasteiger partial charge in [-0.05, 0) is 37.0 Å². The molecule has 17 heavy (non-hydrogen) atoms. The molecule has 3 atom stereocenters. The molecule has 1 saturated carbocycles. The van der Waals surface area contributed by atoms with Gasteiger partial charge in [0.2, 0.25) is 5.91 Å². The molecule has 0 bridgehead atoms. The minimum atomic E-state index is 0.133. The zero-order valence-electron chi connectivity index (χ0n) is 11.8. The molecule has 0 radical (unpaired) electrons. The van der Waals surface area contributed by atoms with E-state index in [2.05, 4.69) is 33.0 Å². The second-order valence-electron chi connectivity index (χ2n) is 6.87. The zero-order valence-corrected chi connectivity index (χ0v) is 11.8. The van der Waals surface area contributed by atoms with Crippen LogP contribution >= 0.6 is 0 Å². The summed E-state index contributed by atoms with van der Waals surface area (Å²) in [6.45, 7) is 9.55. The minimum absolute atomic E-state index is 0.133. The van der Waals surface area contributed by atoms with Gasteiger partial charge in [-0.15, -0.1) is 0 Å². The van der Waals surface area contributed by atoms with Crippen LogP contribution in [0.1, 0.15) is 53.4 Å². The summed E-state index contributed by atoms with van der Waals surface area (Å²) in [6, 6.07) is 0.206. The number of hydrogen-bond donors (Lipinski definition) is 2. The molecule has 1 amide bonds. The first kappa shape index (κ1) is 14.5. The van der Waals surface area contributed by atoms with Crippen LogP contribution in [0.2, 0.25) is 0 Å². The number of nitrogens with one attached hydrogen (secondary N) is 1. The molecule has 0 aliphatic heterocycles. The van der Waals surface area contributed by atoms with Crippen LogP contribution in [0.5, 0.6) is 0 Å². The third-order valence-corrected chi connectivity index (χ3v) is 3.52. The van der Waals surface area contributed by atoms with Crippen molar-refractivity contribution >= 4 is 5.91 Å². The van der Waals surface area contributed by atoms with Crippen LogP contribution < -0.4 is 11.1 Å². The maximum atomic E-state index is 12.0. The molecule has 1 fully saturated rings. The molecular formula is C14H28N2O. The Hall–Kier alpha value is -0.570. The molecule has 0 heterocycles. The number of carbonyl (C=O) groups excluding carboxylic acids is 1. The number of rotatable bonds is 3. The molecule has 0 aromatic carbocycles. The molecule has 3 heteroatoms. The molecule has 1 aliphatic carbocycles. The molecule has 0 aromatic heterocycles. The van der Waals surface area contributed by atoms with E-state index >= 15 is 0 Å². The van der Waals surface area contributed by atoms with Gasteiger partial charge in [0, 0.05) is 18.5 Å². The SMILES string of the molecule is CC1CC(N)CC(C(=O)NCCC(C)(C)C)C1. The quantitative estimate of drug-likeness (QED) is 0.795. The van der Waals surface area contributed by atoms with Crippen LogP contribution in [0.3, 0.4) is 0 Å². The second-order valence-corrected chi connectivity index (χ2v) is 6.87. The summed E-state index contributed by atoms with van der Waals surface area (Å²) in [5.74, 6) is 0.919. The minimum Gasteiger partial charge on any atom is -0.356 e. The Morgan fingerprint density at radius 3 is 2.47 bits per heavy atom. The first-order valence-electron chi connectivity index (χ1n) is 6.81. The fraction of sp³-hybridized carbons (Fsp3) is 0.929. The van der Waals surface area contributed by atoms with Gasteiger partial charge in [-0.2, -0.15) is 0 Å². The van der Waals surface area contributed by atoms with Crippen molar-refractivity contribution in [3.63, 3.8) is 0 Å². The number of amides is 1. The lowest BCUT2D eigenvalue weighted by atomic mass is 9.79. The molecule has 3 N–H and O–H groups in total. The Kier molecular flexibility index (Phi) is 4.99. The largest absolute Gasteiger partial charge is 0.356 e. The average Bonchev–Trinajstić information content (AvgIpc) is 2.13. The van der Waals surface area contributed by atoms with Crippen LogP contribution in [0.15, 0.2) is 0 Å². The summed E-state index contributed by atoms with van der Waals surface area (Å²) >= 11 is 0. The molecule has 1 rings (SSSR count). The molecule has 100 valence electrons. The highest BCUT2D eigenvalue weighted by atomic mass is 16.1. The first-order valence-corrected chi connectivity index (χ1v) is 6.81. The lowest BCUT2D eigenvalue weighted by molar-refractivity contribution is -0.126. The molecule has 3 nitrogen and oxygen atoms in total. The second kappa shape index (κ2) is 5.85. The predicted octanol–water partition coefficient (Wildman–Crippen LogP) is 2.30. The van der Waals surface area contributed by atoms with E-state index in [0.717, 1.165) is 32.2 Å². The van der Waals surface area contributed by atoms with Gasteiger partial charge < -0.3 is 11.1 Å². The van der Waals surface area contributed by atoms with E-state index < -0.39 is 0 Å². The number of nitrogens with two attached hydrogens (primary N) is 1. The normalized spacial score (nSPS) is 30.1. The van der Waals surface area contributed by atoms with Crippen molar-refractivity contribution in [3.05, 3.63) is 0 Å². The summed E-state index contributed by atoms with van der Waals surface area (Å²) in [5, 5.41) is 3.06. The van der Waals surface area contributed by atoms with Gasteiger partial charge in [0.1, 0.15) is 0 Å². The van der Waals surface area contributed by atoms with Gasteiger partial charge in [-0.3, -0.25) is 4.79 Å². The van der Waals surface area contributed by atoms with Gasteiger partial charge in [0.05, 0.1) is 0 Å². The lowest BCUT2D eigenvalue weighted by Crippen LogP contribution is -2.40. The monoisotopic (exact) mass is 240 g/mol. The zero-order chi connectivity index (χ0) is 13.1. The van der Waals surface area contributed by atoms with Crippen molar-refractivity contribution < 1.29 is 4.79 Å². The first-order chi connectivity index (χ1) is 7.78. The van der Waals surface area contributed by atoms with Crippen molar-refractivity contribution in [2.75, 3.05) is 6.54 Å². The Morgan fingerprint density at radius 1 is 1.29 bits per heavy atom. The molecule has 3 unspecified atom stereocenters. The van der Waals surface area contributed by atoms with Crippen LogP contribution in [0.25, 0.3) is 0 Å². The third-order valence-electron chi connectivity index (χ3n) is 3.52. The van der Waals surface area contributed by atoms with E-state index in [9.17, 15) is 4.79 Å². The Bertz CT molecular complexity index is 247. The topological polar surface area (TPSA) is 55.1 Å². The summed E-state index contributed by atoms with van der Waals surface area (Å²) in [7, 11) is 0. The van der Waals surface area contributed by atoms with Gasteiger partial charge in [0.15, 0.2) is 0 Å². The highest BCUT2D eigenvalue weighted by Crippen LogP contribution is 2.28. The van der Waals surface area contributed by atoms with Crippen LogP contribution in [0, 0.1) is 17.3 Å². The summed E-state index contributed by atoms with van der Waals surface area (Å²) in [6.07, 6.45) is 3.93. The summed E-state index contributed by atoms with van der Waals surface area (Å²) < 4.78 is 0. The Balaban J connectivity index is 2.32. The Morgan fingerprint density at radius 2 is 1.94 bits per heavy atom. The highest BCUT2D eigenvalue weighted by Gasteiger charge is 2.29. The number of carbonyl (C=O) groups is 1. The van der Waals surface area contributed by atoms with Crippen LogP contribution in [-0.2, 0) is 4.79 Å². The molecule has 0 saturated heterocycles. The van der Waals surface area contributed by atoms with Crippen molar-refractivity contribution in [3.8, 4) is 0 Å². The van der Waals surface area contributed by atoms with E-state index in [1.807, 2.05) is 0 Å². The molecule has 0 spiro atoms. The molecule has 0 aromatic rings. The van der Waals surface area contributed by atoms with E-state index in [-0.39, 0.29) is 23.3 Å². The maximum Gasteiger partial charge on any atom is 0.223 e. The van der Waals surface area contributed by atoms with Crippen molar-refractivity contribution in [2.45, 2.75) is 59.4 Å². The van der Waals surface area contributed by atoms with Crippen molar-refractivity contribution in [1.82, 2.24) is 5.32 Å². The van der Waals surface area contributed by atoms with Gasteiger partial charge in [0.25, 0.3) is 0 Å². The lowest BCUT2D eigenvalue weighted by Gasteiger charge is -2.30. The Labute approximate surface area is 106 Å². The van der Waals surface area contributed by atoms with E-state index in [4.69, 9.17) is 5.73 Å². The van der Waals surface area contributed by atoms with Gasteiger partial charge >= 0.3 is 0 Å². The summed E-state index contributed by atoms with van der Waals surface area (Å²) in [4.78, 5) is 12.0. The molecule has 1 aliphatic rings. The van der Waals surface area contributed by atoms with Gasteiger partial charge in [-0.25, -0.2) is 0 Å². The average molecular weight is 240 g/mol. The van der Waals surface area contributed by atoms with E-state index in [0.29, 0.717) is 5.92 Å². The van der Waals surface area contributed by atoms with Crippen LogP contribution in [0.4, 0.5) is 0 Å². The smallest absolute Gasteiger partial charge is 0.223 e. The van der Waals surface area contributed by atoms with E-state index in [1.165, 1.54) is 0 Å². The summed E-state index contributed by atoms with van der Waals surface area (Å²) in [5.41, 5.74) is 6.25. The fourth-order valence-corrected chi connectivity index (χ4v) is 2.58. The van der Waals surface area contributed by atoms with Crippen molar-refractivity contribution in [1.29, 1.82) is 0 Å². The van der Waals surface area contributed by atoms with Gasteiger partial charge in [-0.1, -0.05) is 27.7 Å². The highest BCUT2D eigenvalue weighted by molar-refractivity contribution is 5.78. The van der Waals surface area contributed by atoms with Crippen LogP contribution in [-0.4, -0.2) is 18.5 Å². The van der Waals surface area contributed by atoms with E-state index in [1.54, 1.807) is 0 Å².